The zero-order valence-corrected chi connectivity index (χ0v) is 18.9. The minimum absolute atomic E-state index is 0.0718. The Labute approximate surface area is 186 Å². The molecule has 1 aliphatic heterocycles. The predicted molar refractivity (Wildman–Crippen MR) is 118 cm³/mol. The second kappa shape index (κ2) is 9.67. The molecule has 0 radical (unpaired) electrons. The number of esters is 1. The summed E-state index contributed by atoms with van der Waals surface area (Å²) >= 11 is 5.83. The van der Waals surface area contributed by atoms with E-state index in [1.54, 1.807) is 35.2 Å². The van der Waals surface area contributed by atoms with Gasteiger partial charge in [0.05, 0.1) is 24.1 Å². The van der Waals surface area contributed by atoms with Gasteiger partial charge in [-0.15, -0.1) is 0 Å². The van der Waals surface area contributed by atoms with Crippen LogP contribution in [0.5, 0.6) is 0 Å². The van der Waals surface area contributed by atoms with E-state index in [0.717, 1.165) is 11.3 Å². The molecule has 0 aliphatic carbocycles. The number of carbonyl (C=O) groups is 2. The van der Waals surface area contributed by atoms with Gasteiger partial charge in [0.2, 0.25) is 15.9 Å². The van der Waals surface area contributed by atoms with Gasteiger partial charge in [0, 0.05) is 36.9 Å². The molecule has 10 heteroatoms. The predicted octanol–water partition coefficient (Wildman–Crippen LogP) is 2.38. The van der Waals surface area contributed by atoms with Crippen molar-refractivity contribution in [3.05, 3.63) is 58.6 Å². The van der Waals surface area contributed by atoms with E-state index in [9.17, 15) is 18.0 Å². The SMILES string of the molecule is COC(=O)c1ccc(NCC(=O)N2CCN(S(=O)(=O)c3ccc(Cl)cc3)CC2)c(C)c1. The van der Waals surface area contributed by atoms with Gasteiger partial charge >= 0.3 is 5.97 Å². The second-order valence-electron chi connectivity index (χ2n) is 7.11. The van der Waals surface area contributed by atoms with E-state index in [2.05, 4.69) is 5.32 Å². The molecule has 1 N–H and O–H groups in total. The summed E-state index contributed by atoms with van der Waals surface area (Å²) in [7, 11) is -2.30. The summed E-state index contributed by atoms with van der Waals surface area (Å²) in [5.74, 6) is -0.544. The van der Waals surface area contributed by atoms with Crippen LogP contribution in [-0.2, 0) is 19.6 Å². The number of rotatable bonds is 6. The molecule has 2 aromatic carbocycles. The molecule has 2 aromatic rings. The Hall–Kier alpha value is -2.62. The summed E-state index contributed by atoms with van der Waals surface area (Å²) in [5.41, 5.74) is 1.99. The number of nitrogens with zero attached hydrogens (tertiary/aromatic N) is 2. The third kappa shape index (κ3) is 5.36. The highest BCUT2D eigenvalue weighted by Crippen LogP contribution is 2.20. The molecule has 0 atom stereocenters. The van der Waals surface area contributed by atoms with Crippen LogP contribution in [0.25, 0.3) is 0 Å². The number of piperazine rings is 1. The molecule has 8 nitrogen and oxygen atoms in total. The maximum atomic E-state index is 12.8. The monoisotopic (exact) mass is 465 g/mol. The Balaban J connectivity index is 1.55. The van der Waals surface area contributed by atoms with Crippen molar-refractivity contribution in [2.24, 2.45) is 0 Å². The minimum Gasteiger partial charge on any atom is -0.465 e. The molecule has 1 fully saturated rings. The van der Waals surface area contributed by atoms with E-state index in [-0.39, 0.29) is 30.4 Å². The number of aryl methyl sites for hydroxylation is 1. The zero-order valence-electron chi connectivity index (χ0n) is 17.3. The number of nitrogens with one attached hydrogen (secondary N) is 1. The van der Waals surface area contributed by atoms with Crippen LogP contribution < -0.4 is 5.32 Å². The standard InChI is InChI=1S/C21H24ClN3O5S/c1-15-13-16(21(27)30-2)3-8-19(15)23-14-20(26)24-9-11-25(12-10-24)31(28,29)18-6-4-17(22)5-7-18/h3-8,13,23H,9-12,14H2,1-2H3. The molecule has 0 bridgehead atoms. The summed E-state index contributed by atoms with van der Waals surface area (Å²) in [6.45, 7) is 2.98. The number of benzene rings is 2. The highest BCUT2D eigenvalue weighted by atomic mass is 35.5. The first kappa shape index (κ1) is 23.1. The van der Waals surface area contributed by atoms with Gasteiger partial charge in [-0.1, -0.05) is 11.6 Å². The lowest BCUT2D eigenvalue weighted by atomic mass is 10.1. The van der Waals surface area contributed by atoms with Crippen LogP contribution in [0.4, 0.5) is 5.69 Å². The molecule has 166 valence electrons. The summed E-state index contributed by atoms with van der Waals surface area (Å²) in [6.07, 6.45) is 0. The fraction of sp³-hybridized carbons (Fsp3) is 0.333. The lowest BCUT2D eigenvalue weighted by Crippen LogP contribution is -2.51. The van der Waals surface area contributed by atoms with Crippen molar-refractivity contribution in [1.82, 2.24) is 9.21 Å². The molecule has 31 heavy (non-hydrogen) atoms. The van der Waals surface area contributed by atoms with Crippen molar-refractivity contribution in [1.29, 1.82) is 0 Å². The normalized spacial score (nSPS) is 14.9. The maximum Gasteiger partial charge on any atom is 0.337 e. The molecule has 1 saturated heterocycles. The molecular weight excluding hydrogens is 442 g/mol. The van der Waals surface area contributed by atoms with Crippen molar-refractivity contribution >= 4 is 39.2 Å². The average molecular weight is 466 g/mol. The van der Waals surface area contributed by atoms with Crippen LogP contribution in [0.2, 0.25) is 5.02 Å². The van der Waals surface area contributed by atoms with Crippen LogP contribution in [-0.4, -0.2) is 69.3 Å². The number of ether oxygens (including phenoxy) is 1. The quantitative estimate of drug-likeness (QED) is 0.658. The molecule has 1 heterocycles. The van der Waals surface area contributed by atoms with E-state index in [4.69, 9.17) is 16.3 Å². The van der Waals surface area contributed by atoms with E-state index in [0.29, 0.717) is 23.7 Å². The van der Waals surface area contributed by atoms with E-state index in [1.807, 2.05) is 6.92 Å². The third-order valence-electron chi connectivity index (χ3n) is 5.12. The van der Waals surface area contributed by atoms with Gasteiger partial charge in [-0.05, 0) is 55.0 Å². The fourth-order valence-corrected chi connectivity index (χ4v) is 4.87. The van der Waals surface area contributed by atoms with Gasteiger partial charge in [0.25, 0.3) is 0 Å². The van der Waals surface area contributed by atoms with Gasteiger partial charge in [-0.25, -0.2) is 13.2 Å². The Morgan fingerprint density at radius 2 is 1.71 bits per heavy atom. The zero-order chi connectivity index (χ0) is 22.6. The molecule has 3 rings (SSSR count). The number of sulfonamides is 1. The van der Waals surface area contributed by atoms with Crippen LogP contribution in [0.3, 0.4) is 0 Å². The maximum absolute atomic E-state index is 12.8. The second-order valence-corrected chi connectivity index (χ2v) is 9.49. The van der Waals surface area contributed by atoms with Gasteiger partial charge in [-0.3, -0.25) is 4.79 Å². The van der Waals surface area contributed by atoms with Crippen molar-refractivity contribution in [3.8, 4) is 0 Å². The first-order valence-corrected chi connectivity index (χ1v) is 11.5. The number of carbonyl (C=O) groups excluding carboxylic acids is 2. The highest BCUT2D eigenvalue weighted by molar-refractivity contribution is 7.89. The molecule has 0 unspecified atom stereocenters. The van der Waals surface area contributed by atoms with Gasteiger partial charge in [0.1, 0.15) is 0 Å². The Morgan fingerprint density at radius 1 is 1.06 bits per heavy atom. The summed E-state index contributed by atoms with van der Waals surface area (Å²) in [4.78, 5) is 26.0. The third-order valence-corrected chi connectivity index (χ3v) is 7.29. The summed E-state index contributed by atoms with van der Waals surface area (Å²) in [6, 6.07) is 11.1. The van der Waals surface area contributed by atoms with Crippen molar-refractivity contribution < 1.29 is 22.7 Å². The number of hydrogen-bond acceptors (Lipinski definition) is 6. The van der Waals surface area contributed by atoms with Crippen LogP contribution in [0.1, 0.15) is 15.9 Å². The molecule has 0 aromatic heterocycles. The minimum atomic E-state index is -3.62. The first-order chi connectivity index (χ1) is 14.7. The van der Waals surface area contributed by atoms with Crippen molar-refractivity contribution in [2.45, 2.75) is 11.8 Å². The van der Waals surface area contributed by atoms with E-state index < -0.39 is 16.0 Å². The lowest BCUT2D eigenvalue weighted by molar-refractivity contribution is -0.130. The van der Waals surface area contributed by atoms with Crippen molar-refractivity contribution in [2.75, 3.05) is 45.2 Å². The molecule has 0 saturated carbocycles. The molecule has 1 aliphatic rings. The Bertz CT molecular complexity index is 1060. The largest absolute Gasteiger partial charge is 0.465 e. The topological polar surface area (TPSA) is 96.0 Å². The number of halogens is 1. The smallest absolute Gasteiger partial charge is 0.337 e. The summed E-state index contributed by atoms with van der Waals surface area (Å²) in [5, 5.41) is 3.55. The Morgan fingerprint density at radius 3 is 2.29 bits per heavy atom. The fourth-order valence-electron chi connectivity index (χ4n) is 3.32. The van der Waals surface area contributed by atoms with E-state index in [1.165, 1.54) is 23.5 Å². The first-order valence-electron chi connectivity index (χ1n) is 9.68. The van der Waals surface area contributed by atoms with Crippen LogP contribution in [0.15, 0.2) is 47.4 Å². The van der Waals surface area contributed by atoms with Gasteiger partial charge < -0.3 is 15.0 Å². The number of amides is 1. The highest BCUT2D eigenvalue weighted by Gasteiger charge is 2.30. The number of methoxy groups -OCH3 is 1. The number of anilines is 1. The average Bonchev–Trinajstić information content (AvgIpc) is 2.77. The molecular formula is C21H24ClN3O5S. The molecule has 0 spiro atoms. The number of hydrogen-bond donors (Lipinski definition) is 1. The van der Waals surface area contributed by atoms with Gasteiger partial charge in [-0.2, -0.15) is 4.31 Å². The van der Waals surface area contributed by atoms with Crippen LogP contribution in [0, 0.1) is 6.92 Å². The van der Waals surface area contributed by atoms with Crippen LogP contribution >= 0.6 is 11.6 Å². The molecule has 1 amide bonds. The van der Waals surface area contributed by atoms with Gasteiger partial charge in [0.15, 0.2) is 0 Å². The summed E-state index contributed by atoms with van der Waals surface area (Å²) < 4.78 is 31.6. The lowest BCUT2D eigenvalue weighted by Gasteiger charge is -2.34. The van der Waals surface area contributed by atoms with Crippen molar-refractivity contribution in [3.63, 3.8) is 0 Å². The Kier molecular flexibility index (Phi) is 7.19. The van der Waals surface area contributed by atoms with E-state index >= 15 is 0 Å².